The maximum atomic E-state index is 8.88. The lowest BCUT2D eigenvalue weighted by molar-refractivity contribution is 0.248. The molecule has 0 aliphatic carbocycles. The molecule has 0 saturated carbocycles. The van der Waals surface area contributed by atoms with Crippen LogP contribution in [0, 0.1) is 6.92 Å². The summed E-state index contributed by atoms with van der Waals surface area (Å²) in [6.45, 7) is 1.87. The lowest BCUT2D eigenvalue weighted by Crippen LogP contribution is -1.78. The Balaban J connectivity index is 2.40. The monoisotopic (exact) mass is 222 g/mol. The van der Waals surface area contributed by atoms with E-state index in [4.69, 9.17) is 21.1 Å². The molecule has 2 nitrogen and oxygen atoms in total. The van der Waals surface area contributed by atoms with Gasteiger partial charge in [-0.2, -0.15) is 0 Å². The van der Waals surface area contributed by atoms with Gasteiger partial charge in [0.1, 0.15) is 18.1 Å². The second-order valence-electron chi connectivity index (χ2n) is 3.39. The summed E-state index contributed by atoms with van der Waals surface area (Å²) in [6, 6.07) is 9.33. The second kappa shape index (κ2) is 4.09. The van der Waals surface area contributed by atoms with E-state index in [-0.39, 0.29) is 6.61 Å². The molecule has 15 heavy (non-hydrogen) atoms. The summed E-state index contributed by atoms with van der Waals surface area (Å²) >= 11 is 6.01. The highest BCUT2D eigenvalue weighted by Crippen LogP contribution is 2.26. The number of aliphatic hydroxyl groups is 1. The minimum atomic E-state index is -0.0837. The minimum absolute atomic E-state index is 0.0837. The number of halogens is 1. The number of hydrogen-bond acceptors (Lipinski definition) is 2. The van der Waals surface area contributed by atoms with Crippen LogP contribution in [-0.4, -0.2) is 5.11 Å². The van der Waals surface area contributed by atoms with E-state index in [1.54, 1.807) is 6.07 Å². The molecule has 0 bridgehead atoms. The van der Waals surface area contributed by atoms with Crippen molar-refractivity contribution in [2.24, 2.45) is 0 Å². The molecule has 0 unspecified atom stereocenters. The highest BCUT2D eigenvalue weighted by molar-refractivity contribution is 6.31. The van der Waals surface area contributed by atoms with Crippen LogP contribution in [-0.2, 0) is 6.61 Å². The van der Waals surface area contributed by atoms with E-state index in [1.165, 1.54) is 0 Å². The van der Waals surface area contributed by atoms with Crippen molar-refractivity contribution in [2.45, 2.75) is 13.5 Å². The molecular weight excluding hydrogens is 212 g/mol. The maximum absolute atomic E-state index is 8.88. The first-order chi connectivity index (χ1) is 7.20. The fourth-order valence-electron chi connectivity index (χ4n) is 1.36. The van der Waals surface area contributed by atoms with Crippen LogP contribution in [0.25, 0.3) is 11.3 Å². The van der Waals surface area contributed by atoms with Crippen molar-refractivity contribution in [3.8, 4) is 11.3 Å². The fourth-order valence-corrected chi connectivity index (χ4v) is 1.54. The van der Waals surface area contributed by atoms with Crippen molar-refractivity contribution in [2.75, 3.05) is 0 Å². The van der Waals surface area contributed by atoms with E-state index in [0.717, 1.165) is 21.9 Å². The van der Waals surface area contributed by atoms with Crippen molar-refractivity contribution in [1.82, 2.24) is 0 Å². The summed E-state index contributed by atoms with van der Waals surface area (Å²) < 4.78 is 5.41. The average molecular weight is 223 g/mol. The zero-order valence-electron chi connectivity index (χ0n) is 8.33. The number of benzene rings is 1. The van der Waals surface area contributed by atoms with E-state index in [9.17, 15) is 0 Å². The Morgan fingerprint density at radius 1 is 1.27 bits per heavy atom. The normalized spacial score (nSPS) is 10.6. The van der Waals surface area contributed by atoms with Gasteiger partial charge in [0.05, 0.1) is 0 Å². The summed E-state index contributed by atoms with van der Waals surface area (Å²) in [6.07, 6.45) is 0. The molecule has 0 saturated heterocycles. The van der Waals surface area contributed by atoms with Gasteiger partial charge in [0.15, 0.2) is 0 Å². The quantitative estimate of drug-likeness (QED) is 0.845. The van der Waals surface area contributed by atoms with Crippen molar-refractivity contribution in [1.29, 1.82) is 0 Å². The third-order valence-electron chi connectivity index (χ3n) is 2.27. The molecule has 0 aliphatic rings. The van der Waals surface area contributed by atoms with Gasteiger partial charge < -0.3 is 9.52 Å². The molecule has 2 rings (SSSR count). The Morgan fingerprint density at radius 2 is 2.07 bits per heavy atom. The topological polar surface area (TPSA) is 33.4 Å². The molecule has 1 aromatic carbocycles. The van der Waals surface area contributed by atoms with Gasteiger partial charge in [-0.05, 0) is 30.7 Å². The van der Waals surface area contributed by atoms with Crippen LogP contribution >= 0.6 is 11.6 Å². The molecule has 1 aromatic heterocycles. The number of hydrogen-bond donors (Lipinski definition) is 1. The second-order valence-corrected chi connectivity index (χ2v) is 3.80. The zero-order chi connectivity index (χ0) is 10.8. The third-order valence-corrected chi connectivity index (χ3v) is 2.68. The summed E-state index contributed by atoms with van der Waals surface area (Å²) in [5.74, 6) is 1.28. The Morgan fingerprint density at radius 3 is 2.67 bits per heavy atom. The van der Waals surface area contributed by atoms with Crippen LogP contribution in [0.2, 0.25) is 5.02 Å². The molecule has 0 radical (unpaired) electrons. The van der Waals surface area contributed by atoms with Gasteiger partial charge in [-0.1, -0.05) is 23.7 Å². The van der Waals surface area contributed by atoms with Crippen molar-refractivity contribution in [3.63, 3.8) is 0 Å². The van der Waals surface area contributed by atoms with Gasteiger partial charge in [-0.3, -0.25) is 0 Å². The van der Waals surface area contributed by atoms with Crippen molar-refractivity contribution >= 4 is 11.6 Å². The van der Waals surface area contributed by atoms with Crippen LogP contribution < -0.4 is 0 Å². The summed E-state index contributed by atoms with van der Waals surface area (Å²) in [5.41, 5.74) is 1.96. The Hall–Kier alpha value is -1.25. The predicted molar refractivity (Wildman–Crippen MR) is 59.8 cm³/mol. The lowest BCUT2D eigenvalue weighted by atomic mass is 10.1. The lowest BCUT2D eigenvalue weighted by Gasteiger charge is -2.00. The van der Waals surface area contributed by atoms with Gasteiger partial charge in [0.2, 0.25) is 0 Å². The predicted octanol–water partition coefficient (Wildman–Crippen LogP) is 3.40. The third kappa shape index (κ3) is 2.06. The molecule has 0 spiro atoms. The van der Waals surface area contributed by atoms with Gasteiger partial charge in [0, 0.05) is 10.6 Å². The van der Waals surface area contributed by atoms with Gasteiger partial charge in [-0.15, -0.1) is 0 Å². The van der Waals surface area contributed by atoms with E-state index >= 15 is 0 Å². The standard InChI is InChI=1S/C12H11ClO2/c1-8-2-3-9(6-11(8)13)12-5-4-10(7-14)15-12/h2-6,14H,7H2,1H3. The minimum Gasteiger partial charge on any atom is -0.459 e. The molecule has 3 heteroatoms. The number of aryl methyl sites for hydroxylation is 1. The summed E-state index contributed by atoms with van der Waals surface area (Å²) in [5, 5.41) is 9.59. The Bertz CT molecular complexity index is 474. The van der Waals surface area contributed by atoms with E-state index in [0.29, 0.717) is 5.76 Å². The maximum Gasteiger partial charge on any atom is 0.134 e. The highest BCUT2D eigenvalue weighted by Gasteiger charge is 2.05. The zero-order valence-corrected chi connectivity index (χ0v) is 9.08. The van der Waals surface area contributed by atoms with E-state index in [2.05, 4.69) is 0 Å². The van der Waals surface area contributed by atoms with Crippen LogP contribution in [0.15, 0.2) is 34.7 Å². The van der Waals surface area contributed by atoms with Crippen LogP contribution in [0.1, 0.15) is 11.3 Å². The molecule has 78 valence electrons. The summed E-state index contributed by atoms with van der Waals surface area (Å²) in [4.78, 5) is 0. The smallest absolute Gasteiger partial charge is 0.134 e. The SMILES string of the molecule is Cc1ccc(-c2ccc(CO)o2)cc1Cl. The molecule has 0 amide bonds. The highest BCUT2D eigenvalue weighted by atomic mass is 35.5. The first-order valence-electron chi connectivity index (χ1n) is 4.67. The van der Waals surface area contributed by atoms with Crippen molar-refractivity contribution in [3.05, 3.63) is 46.7 Å². The fraction of sp³-hybridized carbons (Fsp3) is 0.167. The largest absolute Gasteiger partial charge is 0.459 e. The average Bonchev–Trinajstić information content (AvgIpc) is 2.70. The Labute approximate surface area is 93.1 Å². The van der Waals surface area contributed by atoms with Gasteiger partial charge in [-0.25, -0.2) is 0 Å². The number of rotatable bonds is 2. The van der Waals surface area contributed by atoms with Crippen LogP contribution in [0.5, 0.6) is 0 Å². The molecule has 0 atom stereocenters. The van der Waals surface area contributed by atoms with Crippen molar-refractivity contribution < 1.29 is 9.52 Å². The Kier molecular flexibility index (Phi) is 2.80. The molecule has 2 aromatic rings. The number of furan rings is 1. The van der Waals surface area contributed by atoms with Gasteiger partial charge in [0.25, 0.3) is 0 Å². The molecule has 0 aliphatic heterocycles. The first-order valence-corrected chi connectivity index (χ1v) is 5.04. The van der Waals surface area contributed by atoms with Crippen LogP contribution in [0.4, 0.5) is 0 Å². The van der Waals surface area contributed by atoms with Gasteiger partial charge >= 0.3 is 0 Å². The first kappa shape index (κ1) is 10.3. The van der Waals surface area contributed by atoms with Crippen LogP contribution in [0.3, 0.4) is 0 Å². The molecule has 1 N–H and O–H groups in total. The molecule has 0 fully saturated rings. The van der Waals surface area contributed by atoms with E-state index < -0.39 is 0 Å². The molecular formula is C12H11ClO2. The summed E-state index contributed by atoms with van der Waals surface area (Å²) in [7, 11) is 0. The molecule has 1 heterocycles. The van der Waals surface area contributed by atoms with E-state index in [1.807, 2.05) is 31.2 Å². The number of aliphatic hydroxyl groups excluding tert-OH is 1.